The molecule has 0 radical (unpaired) electrons. The van der Waals surface area contributed by atoms with Crippen LogP contribution in [0.5, 0.6) is 11.5 Å². The maximum Gasteiger partial charge on any atom is 0.261 e. The maximum absolute atomic E-state index is 12.8. The number of carbonyl (C=O) groups excluding carboxylic acids is 1. The van der Waals surface area contributed by atoms with E-state index in [1.807, 2.05) is 39.0 Å². The van der Waals surface area contributed by atoms with Gasteiger partial charge in [-0.2, -0.15) is 0 Å². The minimum absolute atomic E-state index is 0.177. The van der Waals surface area contributed by atoms with Crippen molar-refractivity contribution in [2.24, 2.45) is 0 Å². The SMILES string of the molecule is Cc1ccc2c(c1)OC(C)(C)C[C@@H]2NC(=O)[C@H](C)Oc1ccc(N(C)S(C)(=O)=O)cc1. The predicted octanol–water partition coefficient (Wildman–Crippen LogP) is 3.58. The molecule has 0 unspecified atom stereocenters. The lowest BCUT2D eigenvalue weighted by Crippen LogP contribution is -2.44. The highest BCUT2D eigenvalue weighted by Crippen LogP contribution is 2.40. The first-order valence-corrected chi connectivity index (χ1v) is 12.0. The van der Waals surface area contributed by atoms with Gasteiger partial charge in [0.05, 0.1) is 18.0 Å². The van der Waals surface area contributed by atoms with E-state index in [1.165, 1.54) is 11.4 Å². The number of benzene rings is 2. The Kier molecular flexibility index (Phi) is 6.23. The van der Waals surface area contributed by atoms with Gasteiger partial charge in [0.25, 0.3) is 5.91 Å². The number of hydrogen-bond acceptors (Lipinski definition) is 5. The summed E-state index contributed by atoms with van der Waals surface area (Å²) in [6, 6.07) is 12.4. The maximum atomic E-state index is 12.8. The molecule has 1 aliphatic rings. The minimum Gasteiger partial charge on any atom is -0.487 e. The number of nitrogens with zero attached hydrogens (tertiary/aromatic N) is 1. The van der Waals surface area contributed by atoms with Gasteiger partial charge in [0.1, 0.15) is 17.1 Å². The Morgan fingerprint density at radius 3 is 2.48 bits per heavy atom. The number of nitrogens with one attached hydrogen (secondary N) is 1. The Balaban J connectivity index is 1.69. The smallest absolute Gasteiger partial charge is 0.261 e. The zero-order chi connectivity index (χ0) is 23.0. The molecular weight excluding hydrogens is 416 g/mol. The zero-order valence-electron chi connectivity index (χ0n) is 18.8. The van der Waals surface area contributed by atoms with Crippen molar-refractivity contribution in [3.63, 3.8) is 0 Å². The second-order valence-corrected chi connectivity index (χ2v) is 10.7. The molecule has 1 N–H and O–H groups in total. The van der Waals surface area contributed by atoms with E-state index < -0.39 is 21.7 Å². The summed E-state index contributed by atoms with van der Waals surface area (Å²) in [5.41, 5.74) is 2.18. The summed E-state index contributed by atoms with van der Waals surface area (Å²) < 4.78 is 36.4. The van der Waals surface area contributed by atoms with Crippen LogP contribution in [-0.2, 0) is 14.8 Å². The molecule has 0 bridgehead atoms. The van der Waals surface area contributed by atoms with E-state index in [0.29, 0.717) is 17.9 Å². The molecule has 2 atom stereocenters. The molecule has 2 aromatic rings. The van der Waals surface area contributed by atoms with Crippen molar-refractivity contribution < 1.29 is 22.7 Å². The van der Waals surface area contributed by atoms with Gasteiger partial charge in [-0.25, -0.2) is 8.42 Å². The molecule has 1 aliphatic heterocycles. The molecule has 0 aromatic heterocycles. The topological polar surface area (TPSA) is 84.9 Å². The third-order valence-corrected chi connectivity index (χ3v) is 6.53. The van der Waals surface area contributed by atoms with Crippen LogP contribution in [0.4, 0.5) is 5.69 Å². The number of rotatable bonds is 6. The predicted molar refractivity (Wildman–Crippen MR) is 121 cm³/mol. The first-order valence-electron chi connectivity index (χ1n) is 10.2. The average Bonchev–Trinajstić information content (AvgIpc) is 2.66. The van der Waals surface area contributed by atoms with Crippen LogP contribution in [0.2, 0.25) is 0 Å². The fraction of sp³-hybridized carbons (Fsp3) is 0.435. The highest BCUT2D eigenvalue weighted by molar-refractivity contribution is 7.92. The third kappa shape index (κ3) is 5.50. The molecule has 7 nitrogen and oxygen atoms in total. The van der Waals surface area contributed by atoms with Crippen LogP contribution < -0.4 is 19.1 Å². The number of ether oxygens (including phenoxy) is 2. The number of amides is 1. The van der Waals surface area contributed by atoms with Crippen LogP contribution in [0.1, 0.15) is 44.4 Å². The van der Waals surface area contributed by atoms with E-state index in [2.05, 4.69) is 5.32 Å². The van der Waals surface area contributed by atoms with Gasteiger partial charge in [0.15, 0.2) is 6.10 Å². The summed E-state index contributed by atoms with van der Waals surface area (Å²) in [6.07, 6.45) is 1.06. The van der Waals surface area contributed by atoms with Gasteiger partial charge in [-0.15, -0.1) is 0 Å². The number of fused-ring (bicyclic) bond motifs is 1. The zero-order valence-corrected chi connectivity index (χ0v) is 19.6. The van der Waals surface area contributed by atoms with Crippen molar-refractivity contribution in [1.82, 2.24) is 5.32 Å². The summed E-state index contributed by atoms with van der Waals surface area (Å²) in [6.45, 7) is 7.71. The van der Waals surface area contributed by atoms with Crippen molar-refractivity contribution >= 4 is 21.6 Å². The molecule has 0 fully saturated rings. The normalized spacial score (nSPS) is 18.3. The second kappa shape index (κ2) is 8.42. The van der Waals surface area contributed by atoms with Gasteiger partial charge in [-0.3, -0.25) is 9.10 Å². The van der Waals surface area contributed by atoms with Crippen LogP contribution in [-0.4, -0.2) is 39.3 Å². The van der Waals surface area contributed by atoms with Gasteiger partial charge >= 0.3 is 0 Å². The Hall–Kier alpha value is -2.74. The first kappa shape index (κ1) is 22.9. The monoisotopic (exact) mass is 446 g/mol. The van der Waals surface area contributed by atoms with Gasteiger partial charge in [0.2, 0.25) is 10.0 Å². The van der Waals surface area contributed by atoms with Gasteiger partial charge in [0, 0.05) is 19.0 Å². The summed E-state index contributed by atoms with van der Waals surface area (Å²) in [7, 11) is -1.86. The van der Waals surface area contributed by atoms with Gasteiger partial charge in [-0.1, -0.05) is 12.1 Å². The van der Waals surface area contributed by atoms with Crippen molar-refractivity contribution in [3.8, 4) is 11.5 Å². The molecule has 0 saturated heterocycles. The summed E-state index contributed by atoms with van der Waals surface area (Å²) in [4.78, 5) is 12.8. The molecule has 8 heteroatoms. The van der Waals surface area contributed by atoms with E-state index in [-0.39, 0.29) is 11.9 Å². The largest absolute Gasteiger partial charge is 0.487 e. The van der Waals surface area contributed by atoms with Crippen LogP contribution in [0.15, 0.2) is 42.5 Å². The quantitative estimate of drug-likeness (QED) is 0.733. The molecule has 0 spiro atoms. The van der Waals surface area contributed by atoms with Crippen LogP contribution in [0.3, 0.4) is 0 Å². The fourth-order valence-corrected chi connectivity index (χ4v) is 4.06. The molecule has 168 valence electrons. The number of sulfonamides is 1. The summed E-state index contributed by atoms with van der Waals surface area (Å²) in [5, 5.41) is 3.09. The number of hydrogen-bond donors (Lipinski definition) is 1. The number of anilines is 1. The highest BCUT2D eigenvalue weighted by Gasteiger charge is 2.35. The van der Waals surface area contributed by atoms with E-state index in [4.69, 9.17) is 9.47 Å². The first-order chi connectivity index (χ1) is 14.4. The van der Waals surface area contributed by atoms with E-state index in [0.717, 1.165) is 23.1 Å². The lowest BCUT2D eigenvalue weighted by molar-refractivity contribution is -0.128. The Morgan fingerprint density at radius 2 is 1.87 bits per heavy atom. The van der Waals surface area contributed by atoms with Crippen molar-refractivity contribution in [2.75, 3.05) is 17.6 Å². The van der Waals surface area contributed by atoms with E-state index >= 15 is 0 Å². The standard InChI is InChI=1S/C23H30N2O5S/c1-15-7-12-19-20(14-23(3,4)30-21(19)13-15)24-22(26)16(2)29-18-10-8-17(9-11-18)25(5)31(6,27)28/h7-13,16,20H,14H2,1-6H3,(H,24,26)/t16-,20-/m0/s1. The number of aryl methyl sites for hydroxylation is 1. The Morgan fingerprint density at radius 1 is 1.23 bits per heavy atom. The van der Waals surface area contributed by atoms with Crippen LogP contribution >= 0.6 is 0 Å². The summed E-state index contributed by atoms with van der Waals surface area (Å²) >= 11 is 0. The molecule has 3 rings (SSSR count). The molecular formula is C23H30N2O5S. The second-order valence-electron chi connectivity index (χ2n) is 8.65. The molecule has 0 saturated carbocycles. The van der Waals surface area contributed by atoms with Gasteiger partial charge in [-0.05, 0) is 63.6 Å². The van der Waals surface area contributed by atoms with Crippen LogP contribution in [0, 0.1) is 6.92 Å². The Labute approximate surface area is 184 Å². The highest BCUT2D eigenvalue weighted by atomic mass is 32.2. The lowest BCUT2D eigenvalue weighted by atomic mass is 9.89. The third-order valence-electron chi connectivity index (χ3n) is 5.32. The molecule has 2 aromatic carbocycles. The van der Waals surface area contributed by atoms with Crippen molar-refractivity contribution in [2.45, 2.75) is 51.9 Å². The number of carbonyl (C=O) groups is 1. The molecule has 1 amide bonds. The Bertz CT molecular complexity index is 1060. The van der Waals surface area contributed by atoms with Crippen molar-refractivity contribution in [3.05, 3.63) is 53.6 Å². The van der Waals surface area contributed by atoms with Crippen LogP contribution in [0.25, 0.3) is 0 Å². The molecule has 0 aliphatic carbocycles. The molecule has 1 heterocycles. The minimum atomic E-state index is -3.34. The fourth-order valence-electron chi connectivity index (χ4n) is 3.56. The van der Waals surface area contributed by atoms with E-state index in [1.54, 1.807) is 31.2 Å². The van der Waals surface area contributed by atoms with E-state index in [9.17, 15) is 13.2 Å². The van der Waals surface area contributed by atoms with Gasteiger partial charge < -0.3 is 14.8 Å². The lowest BCUT2D eigenvalue weighted by Gasteiger charge is -2.38. The average molecular weight is 447 g/mol. The molecule has 31 heavy (non-hydrogen) atoms. The summed E-state index contributed by atoms with van der Waals surface area (Å²) in [5.74, 6) is 1.05. The van der Waals surface area contributed by atoms with Crippen molar-refractivity contribution in [1.29, 1.82) is 0 Å².